The molecule has 1 fully saturated rings. The maximum absolute atomic E-state index is 12.6. The summed E-state index contributed by atoms with van der Waals surface area (Å²) in [6, 6.07) is 16.9. The van der Waals surface area contributed by atoms with Crippen LogP contribution in [0.25, 0.3) is 11.3 Å². The Bertz CT molecular complexity index is 984. The number of aromatic nitrogens is 2. The van der Waals surface area contributed by atoms with E-state index in [1.807, 2.05) is 87.2 Å². The third-order valence-corrected chi connectivity index (χ3v) is 5.26. The van der Waals surface area contributed by atoms with Crippen molar-refractivity contribution in [1.82, 2.24) is 14.9 Å². The molecule has 33 heavy (non-hydrogen) atoms. The van der Waals surface area contributed by atoms with Crippen LogP contribution in [-0.2, 0) is 0 Å². The summed E-state index contributed by atoms with van der Waals surface area (Å²) in [5, 5.41) is 3.87. The van der Waals surface area contributed by atoms with Crippen LogP contribution in [0, 0.1) is 0 Å². The number of benzene rings is 2. The van der Waals surface area contributed by atoms with Crippen LogP contribution in [0.2, 0.25) is 5.02 Å². The molecule has 0 unspecified atom stereocenters. The molecule has 0 spiro atoms. The lowest BCUT2D eigenvalue weighted by Crippen LogP contribution is -2.42. The Morgan fingerprint density at radius 2 is 1.58 bits per heavy atom. The third-order valence-electron chi connectivity index (χ3n) is 5.01. The van der Waals surface area contributed by atoms with Gasteiger partial charge in [0.1, 0.15) is 0 Å². The smallest absolute Gasteiger partial charge is 0.253 e. The van der Waals surface area contributed by atoms with E-state index in [-0.39, 0.29) is 11.9 Å². The van der Waals surface area contributed by atoms with Crippen molar-refractivity contribution in [2.75, 3.05) is 18.4 Å². The zero-order valence-electron chi connectivity index (χ0n) is 19.9. The summed E-state index contributed by atoms with van der Waals surface area (Å²) in [5.74, 6) is 0.533. The zero-order chi connectivity index (χ0) is 24.2. The van der Waals surface area contributed by atoms with Crippen molar-refractivity contribution in [3.05, 3.63) is 71.4 Å². The van der Waals surface area contributed by atoms with Crippen molar-refractivity contribution in [2.24, 2.45) is 5.73 Å². The van der Waals surface area contributed by atoms with Gasteiger partial charge in [-0.05, 0) is 55.3 Å². The Balaban J connectivity index is 0.000000914. The van der Waals surface area contributed by atoms with Crippen molar-refractivity contribution in [3.63, 3.8) is 0 Å². The van der Waals surface area contributed by atoms with Gasteiger partial charge in [-0.15, -0.1) is 0 Å². The first-order valence-corrected chi connectivity index (χ1v) is 12.0. The molecule has 1 aromatic heterocycles. The Morgan fingerprint density at radius 1 is 0.970 bits per heavy atom. The molecule has 0 radical (unpaired) electrons. The van der Waals surface area contributed by atoms with Crippen molar-refractivity contribution in [2.45, 2.75) is 46.6 Å². The number of carbonyl (C=O) groups is 1. The predicted molar refractivity (Wildman–Crippen MR) is 138 cm³/mol. The number of carbonyl (C=O) groups excluding carboxylic acids is 1. The standard InChI is InChI=1S/C22H22ClN5O.2C2H6/c23-17-5-1-15(2-6-17)20-9-12-25-22(27-20)26-19-7-3-16(4-8-19)21(29)28-13-10-18(24)11-14-28;2*1-2/h1-9,12,18H,10-11,13-14,24H2,(H,25,26,27);2*1-2H3. The molecule has 176 valence electrons. The highest BCUT2D eigenvalue weighted by Crippen LogP contribution is 2.22. The molecule has 1 aliphatic rings. The molecule has 0 bridgehead atoms. The first-order valence-electron chi connectivity index (χ1n) is 11.6. The number of nitrogens with one attached hydrogen (secondary N) is 1. The highest BCUT2D eigenvalue weighted by molar-refractivity contribution is 6.30. The molecule has 0 saturated carbocycles. The number of likely N-dealkylation sites (tertiary alicyclic amines) is 1. The van der Waals surface area contributed by atoms with Crippen molar-refractivity contribution in [1.29, 1.82) is 0 Å². The second-order valence-electron chi connectivity index (χ2n) is 7.10. The minimum Gasteiger partial charge on any atom is -0.339 e. The summed E-state index contributed by atoms with van der Waals surface area (Å²) in [4.78, 5) is 23.3. The number of piperidine rings is 1. The summed E-state index contributed by atoms with van der Waals surface area (Å²) in [5.41, 5.74) is 9.16. The normalized spacial score (nSPS) is 13.2. The van der Waals surface area contributed by atoms with Crippen LogP contribution in [0.5, 0.6) is 0 Å². The number of hydrogen-bond donors (Lipinski definition) is 2. The quantitative estimate of drug-likeness (QED) is 0.480. The molecule has 0 atom stereocenters. The van der Waals surface area contributed by atoms with Gasteiger partial charge in [0.2, 0.25) is 5.95 Å². The third kappa shape index (κ3) is 7.55. The monoisotopic (exact) mass is 467 g/mol. The molecule has 4 rings (SSSR count). The van der Waals surface area contributed by atoms with Gasteiger partial charge < -0.3 is 16.0 Å². The van der Waals surface area contributed by atoms with Gasteiger partial charge >= 0.3 is 0 Å². The fraction of sp³-hybridized carbons (Fsp3) is 0.346. The van der Waals surface area contributed by atoms with Gasteiger partial charge in [-0.3, -0.25) is 4.79 Å². The van der Waals surface area contributed by atoms with Gasteiger partial charge in [0.25, 0.3) is 5.91 Å². The van der Waals surface area contributed by atoms with E-state index >= 15 is 0 Å². The van der Waals surface area contributed by atoms with Crippen LogP contribution in [0.3, 0.4) is 0 Å². The van der Waals surface area contributed by atoms with Gasteiger partial charge in [-0.1, -0.05) is 51.4 Å². The minimum atomic E-state index is 0.0458. The van der Waals surface area contributed by atoms with E-state index in [0.717, 1.165) is 29.8 Å². The summed E-state index contributed by atoms with van der Waals surface area (Å²) < 4.78 is 0. The number of amides is 1. The molecule has 1 amide bonds. The first-order chi connectivity index (χ1) is 16.1. The fourth-order valence-corrected chi connectivity index (χ4v) is 3.44. The van der Waals surface area contributed by atoms with Gasteiger partial charge in [-0.25, -0.2) is 9.97 Å². The molecular weight excluding hydrogens is 434 g/mol. The summed E-state index contributed by atoms with van der Waals surface area (Å²) >= 11 is 5.95. The van der Waals surface area contributed by atoms with Gasteiger partial charge in [0.15, 0.2) is 0 Å². The van der Waals surface area contributed by atoms with Crippen LogP contribution >= 0.6 is 11.6 Å². The van der Waals surface area contributed by atoms with E-state index in [2.05, 4.69) is 15.3 Å². The van der Waals surface area contributed by atoms with Crippen LogP contribution in [0.15, 0.2) is 60.8 Å². The molecule has 1 saturated heterocycles. The minimum absolute atomic E-state index is 0.0458. The maximum Gasteiger partial charge on any atom is 0.253 e. The lowest BCUT2D eigenvalue weighted by atomic mass is 10.0. The van der Waals surface area contributed by atoms with E-state index in [0.29, 0.717) is 29.6 Å². The summed E-state index contributed by atoms with van der Waals surface area (Å²) in [6.45, 7) is 9.43. The van der Waals surface area contributed by atoms with E-state index in [1.165, 1.54) is 0 Å². The Hall–Kier alpha value is -2.96. The van der Waals surface area contributed by atoms with Crippen LogP contribution < -0.4 is 11.1 Å². The van der Waals surface area contributed by atoms with Gasteiger partial charge in [0, 0.05) is 47.2 Å². The highest BCUT2D eigenvalue weighted by Gasteiger charge is 2.21. The first kappa shape index (κ1) is 26.3. The molecular formula is C26H34ClN5O. The molecule has 3 N–H and O–H groups in total. The lowest BCUT2D eigenvalue weighted by molar-refractivity contribution is 0.0715. The average molecular weight is 468 g/mol. The van der Waals surface area contributed by atoms with Crippen LogP contribution in [-0.4, -0.2) is 39.9 Å². The molecule has 0 aliphatic carbocycles. The van der Waals surface area contributed by atoms with E-state index in [4.69, 9.17) is 17.3 Å². The molecule has 7 heteroatoms. The number of rotatable bonds is 4. The number of halogens is 1. The predicted octanol–water partition coefficient (Wildman–Crippen LogP) is 6.16. The largest absolute Gasteiger partial charge is 0.339 e. The number of nitrogens with two attached hydrogens (primary N) is 1. The number of anilines is 2. The molecule has 1 aliphatic heterocycles. The average Bonchev–Trinajstić information content (AvgIpc) is 2.88. The zero-order valence-corrected chi connectivity index (χ0v) is 20.6. The maximum atomic E-state index is 12.6. The van der Waals surface area contributed by atoms with Crippen LogP contribution in [0.4, 0.5) is 11.6 Å². The van der Waals surface area contributed by atoms with Gasteiger partial charge in [-0.2, -0.15) is 0 Å². The Labute approximate surface area is 202 Å². The topological polar surface area (TPSA) is 84.1 Å². The number of hydrogen-bond acceptors (Lipinski definition) is 5. The van der Waals surface area contributed by atoms with E-state index < -0.39 is 0 Å². The Morgan fingerprint density at radius 3 is 2.18 bits per heavy atom. The van der Waals surface area contributed by atoms with Crippen molar-refractivity contribution in [3.8, 4) is 11.3 Å². The second-order valence-corrected chi connectivity index (χ2v) is 7.54. The van der Waals surface area contributed by atoms with Gasteiger partial charge in [0.05, 0.1) is 5.69 Å². The fourth-order valence-electron chi connectivity index (χ4n) is 3.31. The summed E-state index contributed by atoms with van der Waals surface area (Å²) in [6.07, 6.45) is 3.41. The van der Waals surface area contributed by atoms with E-state index in [9.17, 15) is 4.79 Å². The molecule has 3 aromatic rings. The van der Waals surface area contributed by atoms with Crippen LogP contribution in [0.1, 0.15) is 50.9 Å². The van der Waals surface area contributed by atoms with Crippen molar-refractivity contribution < 1.29 is 4.79 Å². The lowest BCUT2D eigenvalue weighted by Gasteiger charge is -2.30. The SMILES string of the molecule is CC.CC.NC1CCN(C(=O)c2ccc(Nc3nccc(-c4ccc(Cl)cc4)n3)cc2)CC1. The highest BCUT2D eigenvalue weighted by atomic mass is 35.5. The molecule has 6 nitrogen and oxygen atoms in total. The van der Waals surface area contributed by atoms with E-state index in [1.54, 1.807) is 6.20 Å². The molecule has 2 heterocycles. The summed E-state index contributed by atoms with van der Waals surface area (Å²) in [7, 11) is 0. The number of nitrogens with zero attached hydrogens (tertiary/aromatic N) is 3. The Kier molecular flexibility index (Phi) is 10.8. The van der Waals surface area contributed by atoms with Crippen molar-refractivity contribution >= 4 is 29.1 Å². The molecule has 2 aromatic carbocycles. The second kappa shape index (κ2) is 13.6.